The number of nitrogens with one attached hydrogen (secondary N) is 3. The lowest BCUT2D eigenvalue weighted by atomic mass is 10.1. The third kappa shape index (κ3) is 7.44. The summed E-state index contributed by atoms with van der Waals surface area (Å²) in [6.07, 6.45) is 3.77. The average Bonchev–Trinajstić information content (AvgIpc) is 3.03. The fourth-order valence-corrected chi connectivity index (χ4v) is 4.98. The zero-order valence-electron chi connectivity index (χ0n) is 24.6. The van der Waals surface area contributed by atoms with Crippen molar-refractivity contribution in [1.82, 2.24) is 14.9 Å². The normalized spacial score (nSPS) is 13.3. The van der Waals surface area contributed by atoms with Crippen LogP contribution in [0.25, 0.3) is 0 Å². The summed E-state index contributed by atoms with van der Waals surface area (Å²) in [5.74, 6) is 0.205. The molecule has 3 N–H and O–H groups in total. The topological polar surface area (TPSA) is 102 Å². The number of carbonyl (C=O) groups excluding carboxylic acids is 2. The van der Waals surface area contributed by atoms with Crippen molar-refractivity contribution in [2.24, 2.45) is 0 Å². The first-order chi connectivity index (χ1) is 20.9. The average molecular weight is 576 g/mol. The van der Waals surface area contributed by atoms with E-state index in [4.69, 9.17) is 4.98 Å². The molecule has 0 saturated carbocycles. The highest BCUT2D eigenvalue weighted by Crippen LogP contribution is 2.27. The molecule has 1 saturated heterocycles. The highest BCUT2D eigenvalue weighted by molar-refractivity contribution is 6.08. The molecule has 1 fully saturated rings. The molecule has 220 valence electrons. The number of para-hydroxylation sites is 2. The fourth-order valence-electron chi connectivity index (χ4n) is 4.98. The Hall–Kier alpha value is -5.02. The van der Waals surface area contributed by atoms with Crippen molar-refractivity contribution >= 4 is 46.2 Å². The first-order valence-electron chi connectivity index (χ1n) is 14.5. The predicted molar refractivity (Wildman–Crippen MR) is 174 cm³/mol. The van der Waals surface area contributed by atoms with Gasteiger partial charge in [-0.15, -0.1) is 0 Å². The van der Waals surface area contributed by atoms with Gasteiger partial charge in [0.05, 0.1) is 0 Å². The first kappa shape index (κ1) is 29.5. The molecule has 2 heterocycles. The van der Waals surface area contributed by atoms with Gasteiger partial charge in [-0.05, 0) is 67.1 Å². The number of ketones is 1. The van der Waals surface area contributed by atoms with E-state index in [1.54, 1.807) is 0 Å². The maximum absolute atomic E-state index is 13.6. The first-order valence-corrected chi connectivity index (χ1v) is 14.5. The number of anilines is 6. The van der Waals surface area contributed by atoms with E-state index in [9.17, 15) is 9.59 Å². The lowest BCUT2D eigenvalue weighted by Gasteiger charge is -2.34. The summed E-state index contributed by atoms with van der Waals surface area (Å²) < 4.78 is 0. The van der Waals surface area contributed by atoms with Gasteiger partial charge in [-0.1, -0.05) is 49.9 Å². The highest BCUT2D eigenvalue weighted by Gasteiger charge is 2.19. The van der Waals surface area contributed by atoms with Crippen LogP contribution >= 0.6 is 0 Å². The predicted octanol–water partition coefficient (Wildman–Crippen LogP) is 5.83. The zero-order valence-corrected chi connectivity index (χ0v) is 24.6. The van der Waals surface area contributed by atoms with Crippen LogP contribution < -0.4 is 20.9 Å². The molecule has 43 heavy (non-hydrogen) atoms. The van der Waals surface area contributed by atoms with E-state index in [2.05, 4.69) is 56.5 Å². The summed E-state index contributed by atoms with van der Waals surface area (Å²) >= 11 is 0. The number of rotatable bonds is 11. The molecule has 0 spiro atoms. The van der Waals surface area contributed by atoms with Crippen LogP contribution in [-0.4, -0.2) is 59.8 Å². The molecule has 5 rings (SSSR count). The number of amides is 1. The van der Waals surface area contributed by atoms with Gasteiger partial charge in [0.25, 0.3) is 5.91 Å². The van der Waals surface area contributed by atoms with Gasteiger partial charge >= 0.3 is 0 Å². The van der Waals surface area contributed by atoms with E-state index >= 15 is 0 Å². The standard InChI is InChI=1S/C34H37N7O2/c1-4-24-10-6-8-12-30(24)38-33(43)29-23-35-34(36-26-14-16-27(17-15-26)41-20-18-40(3)19-21-41)39-32(29)37-31-13-9-7-11-25(31)22-28(42)5-2/h5-17,23H,2,4,18-22H2,1,3H3,(H,38,43)(H2,35,36,37,39). The second-order valence-electron chi connectivity index (χ2n) is 10.5. The number of aryl methyl sites for hydroxylation is 1. The highest BCUT2D eigenvalue weighted by atomic mass is 16.1. The minimum atomic E-state index is -0.342. The third-order valence-corrected chi connectivity index (χ3v) is 7.53. The number of nitrogens with zero attached hydrogens (tertiary/aromatic N) is 4. The summed E-state index contributed by atoms with van der Waals surface area (Å²) in [5.41, 5.74) is 5.47. The molecule has 1 aromatic heterocycles. The van der Waals surface area contributed by atoms with Gasteiger partial charge in [0.15, 0.2) is 5.78 Å². The van der Waals surface area contributed by atoms with Crippen molar-refractivity contribution in [2.75, 3.05) is 54.1 Å². The number of hydrogen-bond donors (Lipinski definition) is 3. The van der Waals surface area contributed by atoms with Crippen molar-refractivity contribution in [3.05, 3.63) is 108 Å². The maximum Gasteiger partial charge on any atom is 0.261 e. The van der Waals surface area contributed by atoms with Gasteiger partial charge in [0.1, 0.15) is 11.4 Å². The van der Waals surface area contributed by atoms with Crippen molar-refractivity contribution in [2.45, 2.75) is 19.8 Å². The maximum atomic E-state index is 13.6. The minimum absolute atomic E-state index is 0.103. The molecule has 9 nitrogen and oxygen atoms in total. The Morgan fingerprint density at radius 1 is 0.884 bits per heavy atom. The number of hydrogen-bond acceptors (Lipinski definition) is 8. The van der Waals surface area contributed by atoms with Crippen LogP contribution in [-0.2, 0) is 17.6 Å². The lowest BCUT2D eigenvalue weighted by Crippen LogP contribution is -2.44. The number of carbonyl (C=O) groups is 2. The SMILES string of the molecule is C=CC(=O)Cc1ccccc1Nc1nc(Nc2ccc(N3CCN(C)CC3)cc2)ncc1C(=O)Nc1ccccc1CC. The van der Waals surface area contributed by atoms with Gasteiger partial charge in [-0.25, -0.2) is 4.98 Å². The number of aromatic nitrogens is 2. The molecule has 3 aromatic carbocycles. The zero-order chi connectivity index (χ0) is 30.2. The van der Waals surface area contributed by atoms with E-state index in [1.165, 1.54) is 18.0 Å². The van der Waals surface area contributed by atoms with Gasteiger partial charge in [-0.3, -0.25) is 9.59 Å². The van der Waals surface area contributed by atoms with Crippen LogP contribution in [0.2, 0.25) is 0 Å². The van der Waals surface area contributed by atoms with Gasteiger partial charge in [-0.2, -0.15) is 4.98 Å². The molecule has 1 amide bonds. The van der Waals surface area contributed by atoms with E-state index in [-0.39, 0.29) is 23.7 Å². The van der Waals surface area contributed by atoms with Crippen molar-refractivity contribution in [3.8, 4) is 0 Å². The molecule has 0 radical (unpaired) electrons. The second-order valence-corrected chi connectivity index (χ2v) is 10.5. The second kappa shape index (κ2) is 13.8. The number of piperazine rings is 1. The van der Waals surface area contributed by atoms with Crippen molar-refractivity contribution in [1.29, 1.82) is 0 Å². The summed E-state index contributed by atoms with van der Waals surface area (Å²) in [6, 6.07) is 23.3. The Balaban J connectivity index is 1.42. The molecular weight excluding hydrogens is 538 g/mol. The van der Waals surface area contributed by atoms with Gasteiger partial charge < -0.3 is 25.8 Å². The van der Waals surface area contributed by atoms with Crippen LogP contribution in [0.1, 0.15) is 28.4 Å². The largest absolute Gasteiger partial charge is 0.369 e. The Labute approximate surface area is 252 Å². The van der Waals surface area contributed by atoms with Crippen LogP contribution in [0.15, 0.2) is 91.6 Å². The Morgan fingerprint density at radius 2 is 1.56 bits per heavy atom. The molecule has 0 bridgehead atoms. The van der Waals surface area contributed by atoms with Crippen molar-refractivity contribution in [3.63, 3.8) is 0 Å². The van der Waals surface area contributed by atoms with E-state index in [0.717, 1.165) is 55.1 Å². The number of allylic oxidation sites excluding steroid dienone is 1. The molecule has 1 aliphatic rings. The minimum Gasteiger partial charge on any atom is -0.369 e. The third-order valence-electron chi connectivity index (χ3n) is 7.53. The molecule has 9 heteroatoms. The van der Waals surface area contributed by atoms with Crippen LogP contribution in [0.3, 0.4) is 0 Å². The van der Waals surface area contributed by atoms with E-state index in [0.29, 0.717) is 17.5 Å². The summed E-state index contributed by atoms with van der Waals surface area (Å²) in [4.78, 5) is 39.6. The lowest BCUT2D eigenvalue weighted by molar-refractivity contribution is -0.114. The molecular formula is C34H37N7O2. The summed E-state index contributed by atoms with van der Waals surface area (Å²) in [7, 11) is 2.14. The monoisotopic (exact) mass is 575 g/mol. The van der Waals surface area contributed by atoms with Crippen molar-refractivity contribution < 1.29 is 9.59 Å². The molecule has 0 aliphatic carbocycles. The van der Waals surface area contributed by atoms with Crippen LogP contribution in [0, 0.1) is 0 Å². The smallest absolute Gasteiger partial charge is 0.261 e. The van der Waals surface area contributed by atoms with Gasteiger partial charge in [0, 0.05) is 61.5 Å². The molecule has 0 atom stereocenters. The fraction of sp³-hybridized carbons (Fsp3) is 0.235. The Kier molecular flexibility index (Phi) is 9.43. The molecule has 0 unspecified atom stereocenters. The molecule has 1 aliphatic heterocycles. The Bertz CT molecular complexity index is 1590. The number of benzene rings is 3. The van der Waals surface area contributed by atoms with Gasteiger partial charge in [0.2, 0.25) is 5.95 Å². The van der Waals surface area contributed by atoms with E-state index in [1.807, 2.05) is 67.6 Å². The summed E-state index contributed by atoms with van der Waals surface area (Å²) in [5, 5.41) is 9.58. The molecule has 4 aromatic rings. The Morgan fingerprint density at radius 3 is 2.26 bits per heavy atom. The van der Waals surface area contributed by atoms with Crippen LogP contribution in [0.4, 0.5) is 34.5 Å². The quantitative estimate of drug-likeness (QED) is 0.192. The van der Waals surface area contributed by atoms with E-state index < -0.39 is 0 Å². The number of likely N-dealkylation sites (N-methyl/N-ethyl adjacent to an activating group) is 1. The van der Waals surface area contributed by atoms with Crippen LogP contribution in [0.5, 0.6) is 0 Å². The summed E-state index contributed by atoms with van der Waals surface area (Å²) in [6.45, 7) is 9.70.